The molecule has 1 aromatic heterocycles. The first-order valence-corrected chi connectivity index (χ1v) is 6.06. The largest absolute Gasteiger partial charge is 0.368 e. The molecule has 1 heterocycles. The molecule has 0 saturated heterocycles. The van der Waals surface area contributed by atoms with Crippen LogP contribution in [0.25, 0.3) is 0 Å². The van der Waals surface area contributed by atoms with Crippen molar-refractivity contribution in [2.75, 3.05) is 10.6 Å². The number of rotatable bonds is 5. The van der Waals surface area contributed by atoms with E-state index in [1.165, 1.54) is 0 Å². The van der Waals surface area contributed by atoms with Crippen molar-refractivity contribution in [1.29, 1.82) is 0 Å². The summed E-state index contributed by atoms with van der Waals surface area (Å²) in [6, 6.07) is 4.14. The molecule has 1 rings (SSSR count). The van der Waals surface area contributed by atoms with Crippen LogP contribution in [0.5, 0.6) is 0 Å². The molecular weight excluding hydrogens is 214 g/mol. The first kappa shape index (κ1) is 13.5. The van der Waals surface area contributed by atoms with E-state index >= 15 is 0 Å². The van der Waals surface area contributed by atoms with Gasteiger partial charge in [0.05, 0.1) is 11.9 Å². The Balaban J connectivity index is 2.59. The van der Waals surface area contributed by atoms with Crippen LogP contribution in [0.1, 0.15) is 34.1 Å². The fourth-order valence-electron chi connectivity index (χ4n) is 1.19. The summed E-state index contributed by atoms with van der Waals surface area (Å²) in [6.45, 7) is 7.95. The van der Waals surface area contributed by atoms with Crippen LogP contribution in [0.2, 0.25) is 0 Å². The lowest BCUT2D eigenvalue weighted by Crippen LogP contribution is -2.18. The molecule has 0 aliphatic carbocycles. The van der Waals surface area contributed by atoms with Crippen LogP contribution in [-0.4, -0.2) is 16.9 Å². The van der Waals surface area contributed by atoms with Crippen molar-refractivity contribution >= 4 is 17.4 Å². The number of carbonyl (C=O) groups is 1. The summed E-state index contributed by atoms with van der Waals surface area (Å²) in [6.07, 6.45) is 2.72. The molecule has 4 heteroatoms. The molecule has 0 spiro atoms. The van der Waals surface area contributed by atoms with E-state index in [4.69, 9.17) is 0 Å². The second-order valence-corrected chi connectivity index (χ2v) is 4.53. The van der Waals surface area contributed by atoms with Gasteiger partial charge in [-0.3, -0.25) is 4.79 Å². The van der Waals surface area contributed by atoms with Gasteiger partial charge in [0.25, 0.3) is 0 Å². The van der Waals surface area contributed by atoms with Crippen LogP contribution in [0.4, 0.5) is 11.5 Å². The van der Waals surface area contributed by atoms with Crippen LogP contribution in [0.15, 0.2) is 18.3 Å². The van der Waals surface area contributed by atoms with Crippen molar-refractivity contribution in [2.45, 2.75) is 40.2 Å². The third-order valence-electron chi connectivity index (χ3n) is 2.56. The molecular formula is C13H21N3O. The third kappa shape index (κ3) is 4.43. The molecule has 0 bridgehead atoms. The SMILES string of the molecule is CCC(C)Nc1ccc(NC(=O)C(C)C)cn1. The predicted molar refractivity (Wildman–Crippen MR) is 71.1 cm³/mol. The Hall–Kier alpha value is -1.58. The molecule has 1 aromatic rings. The van der Waals surface area contributed by atoms with E-state index in [0.29, 0.717) is 6.04 Å². The number of hydrogen-bond donors (Lipinski definition) is 2. The van der Waals surface area contributed by atoms with Crippen LogP contribution >= 0.6 is 0 Å². The topological polar surface area (TPSA) is 54.0 Å². The quantitative estimate of drug-likeness (QED) is 0.825. The highest BCUT2D eigenvalue weighted by molar-refractivity contribution is 5.91. The Morgan fingerprint density at radius 1 is 1.35 bits per heavy atom. The molecule has 1 unspecified atom stereocenters. The minimum Gasteiger partial charge on any atom is -0.368 e. The lowest BCUT2D eigenvalue weighted by molar-refractivity contribution is -0.118. The summed E-state index contributed by atoms with van der Waals surface area (Å²) in [5.74, 6) is 0.823. The lowest BCUT2D eigenvalue weighted by Gasteiger charge is -2.12. The van der Waals surface area contributed by atoms with E-state index < -0.39 is 0 Å². The number of anilines is 2. The van der Waals surface area contributed by atoms with Crippen molar-refractivity contribution < 1.29 is 4.79 Å². The van der Waals surface area contributed by atoms with E-state index in [9.17, 15) is 4.79 Å². The molecule has 0 aromatic carbocycles. The Labute approximate surface area is 103 Å². The second-order valence-electron chi connectivity index (χ2n) is 4.53. The molecule has 17 heavy (non-hydrogen) atoms. The van der Waals surface area contributed by atoms with Gasteiger partial charge in [0.1, 0.15) is 5.82 Å². The molecule has 1 amide bonds. The molecule has 0 fully saturated rings. The van der Waals surface area contributed by atoms with Crippen molar-refractivity contribution in [3.8, 4) is 0 Å². The Morgan fingerprint density at radius 3 is 2.53 bits per heavy atom. The summed E-state index contributed by atoms with van der Waals surface area (Å²) in [4.78, 5) is 15.7. The predicted octanol–water partition coefficient (Wildman–Crippen LogP) is 2.89. The van der Waals surface area contributed by atoms with Gasteiger partial charge in [0.15, 0.2) is 0 Å². The van der Waals surface area contributed by atoms with E-state index in [1.807, 2.05) is 26.0 Å². The highest BCUT2D eigenvalue weighted by Crippen LogP contribution is 2.12. The maximum Gasteiger partial charge on any atom is 0.226 e. The van der Waals surface area contributed by atoms with Gasteiger partial charge < -0.3 is 10.6 Å². The van der Waals surface area contributed by atoms with Gasteiger partial charge in [-0.05, 0) is 25.5 Å². The first-order chi connectivity index (χ1) is 8.02. The summed E-state index contributed by atoms with van der Waals surface area (Å²) in [5.41, 5.74) is 0.735. The molecule has 0 saturated carbocycles. The van der Waals surface area contributed by atoms with Crippen LogP contribution < -0.4 is 10.6 Å². The number of carbonyl (C=O) groups excluding carboxylic acids is 1. The highest BCUT2D eigenvalue weighted by atomic mass is 16.1. The molecule has 0 aliphatic heterocycles. The molecule has 4 nitrogen and oxygen atoms in total. The van der Waals surface area contributed by atoms with Gasteiger partial charge in [-0.25, -0.2) is 4.98 Å². The van der Waals surface area contributed by atoms with Crippen LogP contribution in [0, 0.1) is 5.92 Å². The number of nitrogens with zero attached hydrogens (tertiary/aromatic N) is 1. The van der Waals surface area contributed by atoms with Gasteiger partial charge >= 0.3 is 0 Å². The smallest absolute Gasteiger partial charge is 0.226 e. The Morgan fingerprint density at radius 2 is 2.06 bits per heavy atom. The number of hydrogen-bond acceptors (Lipinski definition) is 3. The van der Waals surface area contributed by atoms with Crippen LogP contribution in [-0.2, 0) is 4.79 Å². The summed E-state index contributed by atoms with van der Waals surface area (Å²) < 4.78 is 0. The van der Waals surface area contributed by atoms with Gasteiger partial charge in [-0.15, -0.1) is 0 Å². The minimum absolute atomic E-state index is 0.00874. The summed E-state index contributed by atoms with van der Waals surface area (Å²) in [5, 5.41) is 6.08. The fourth-order valence-corrected chi connectivity index (χ4v) is 1.19. The molecule has 1 atom stereocenters. The van der Waals surface area contributed by atoms with Crippen LogP contribution in [0.3, 0.4) is 0 Å². The van der Waals surface area contributed by atoms with Crippen molar-refractivity contribution in [3.63, 3.8) is 0 Å². The summed E-state index contributed by atoms with van der Waals surface area (Å²) in [7, 11) is 0. The highest BCUT2D eigenvalue weighted by Gasteiger charge is 2.07. The number of pyridine rings is 1. The zero-order chi connectivity index (χ0) is 12.8. The summed E-state index contributed by atoms with van der Waals surface area (Å²) >= 11 is 0. The van der Waals surface area contributed by atoms with Gasteiger partial charge in [-0.2, -0.15) is 0 Å². The fraction of sp³-hybridized carbons (Fsp3) is 0.538. The average molecular weight is 235 g/mol. The molecule has 0 radical (unpaired) electrons. The number of nitrogens with one attached hydrogen (secondary N) is 2. The van der Waals surface area contributed by atoms with Crippen molar-refractivity contribution in [2.24, 2.45) is 5.92 Å². The zero-order valence-electron chi connectivity index (χ0n) is 10.9. The molecule has 2 N–H and O–H groups in total. The van der Waals surface area contributed by atoms with E-state index in [0.717, 1.165) is 17.9 Å². The standard InChI is InChI=1S/C13H21N3O/c1-5-10(4)15-12-7-6-11(8-14-12)16-13(17)9(2)3/h6-10H,5H2,1-4H3,(H,14,15)(H,16,17). The number of aromatic nitrogens is 1. The monoisotopic (exact) mass is 235 g/mol. The van der Waals surface area contributed by atoms with Gasteiger partial charge in [-0.1, -0.05) is 20.8 Å². The van der Waals surface area contributed by atoms with Gasteiger partial charge in [0, 0.05) is 12.0 Å². The van der Waals surface area contributed by atoms with E-state index in [2.05, 4.69) is 29.5 Å². The maximum atomic E-state index is 11.5. The Kier molecular flexibility index (Phi) is 4.94. The zero-order valence-corrected chi connectivity index (χ0v) is 10.9. The Bertz CT molecular complexity index is 359. The minimum atomic E-state index is -0.0204. The average Bonchev–Trinajstić information content (AvgIpc) is 2.31. The molecule has 94 valence electrons. The maximum absolute atomic E-state index is 11.5. The van der Waals surface area contributed by atoms with Crippen molar-refractivity contribution in [3.05, 3.63) is 18.3 Å². The first-order valence-electron chi connectivity index (χ1n) is 6.06. The second kappa shape index (κ2) is 6.23. The molecule has 0 aliphatic rings. The normalized spacial score (nSPS) is 12.3. The third-order valence-corrected chi connectivity index (χ3v) is 2.56. The van der Waals surface area contributed by atoms with E-state index in [-0.39, 0.29) is 11.8 Å². The van der Waals surface area contributed by atoms with Crippen molar-refractivity contribution in [1.82, 2.24) is 4.98 Å². The lowest BCUT2D eigenvalue weighted by atomic mass is 10.2. The number of amides is 1. The van der Waals surface area contributed by atoms with E-state index in [1.54, 1.807) is 6.20 Å². The van der Waals surface area contributed by atoms with Gasteiger partial charge in [0.2, 0.25) is 5.91 Å².